The highest BCUT2D eigenvalue weighted by Gasteiger charge is 2.33. The van der Waals surface area contributed by atoms with Crippen LogP contribution in [0.3, 0.4) is 0 Å². The largest absolute Gasteiger partial charge is 0.380 e. The van der Waals surface area contributed by atoms with Crippen molar-refractivity contribution in [3.8, 4) is 0 Å². The van der Waals surface area contributed by atoms with Crippen LogP contribution in [0.25, 0.3) is 0 Å². The minimum Gasteiger partial charge on any atom is -0.380 e. The number of amides is 1. The van der Waals surface area contributed by atoms with Crippen molar-refractivity contribution >= 4 is 5.91 Å². The van der Waals surface area contributed by atoms with Crippen molar-refractivity contribution in [3.05, 3.63) is 83.6 Å². The summed E-state index contributed by atoms with van der Waals surface area (Å²) in [6.45, 7) is 6.29. The van der Waals surface area contributed by atoms with Crippen LogP contribution in [0.1, 0.15) is 44.0 Å². The number of nitrogens with zero attached hydrogens (tertiary/aromatic N) is 1. The van der Waals surface area contributed by atoms with Gasteiger partial charge in [-0.1, -0.05) is 60.7 Å². The van der Waals surface area contributed by atoms with Crippen LogP contribution in [0.4, 0.5) is 0 Å². The monoisotopic (exact) mass is 320 g/mol. The fraction of sp³-hybridized carbons (Fsp3) is 0.286. The van der Waals surface area contributed by atoms with Gasteiger partial charge in [0.15, 0.2) is 0 Å². The minimum atomic E-state index is 0.0406. The van der Waals surface area contributed by atoms with E-state index in [1.807, 2.05) is 41.3 Å². The zero-order valence-corrected chi connectivity index (χ0v) is 14.4. The van der Waals surface area contributed by atoms with Gasteiger partial charge in [0.25, 0.3) is 0 Å². The van der Waals surface area contributed by atoms with Crippen LogP contribution in [0, 0.1) is 0 Å². The molecule has 1 heterocycles. The number of carbonyl (C=O) groups excluding carboxylic acids is 1. The van der Waals surface area contributed by atoms with Crippen LogP contribution in [-0.4, -0.2) is 16.8 Å². The molecule has 3 atom stereocenters. The van der Waals surface area contributed by atoms with Crippen LogP contribution in [0.15, 0.2) is 72.4 Å². The zero-order chi connectivity index (χ0) is 17.1. The maximum absolute atomic E-state index is 12.5. The third kappa shape index (κ3) is 3.21. The summed E-state index contributed by atoms with van der Waals surface area (Å²) in [6.07, 6.45) is 1.74. The topological polar surface area (TPSA) is 32.3 Å². The van der Waals surface area contributed by atoms with Gasteiger partial charge in [-0.25, -0.2) is 0 Å². The zero-order valence-electron chi connectivity index (χ0n) is 14.4. The quantitative estimate of drug-likeness (QED) is 0.895. The number of nitrogens with one attached hydrogen (secondary N) is 1. The van der Waals surface area contributed by atoms with Crippen LogP contribution >= 0.6 is 0 Å². The molecule has 0 saturated heterocycles. The molecule has 1 N–H and O–H groups in total. The van der Waals surface area contributed by atoms with E-state index in [-0.39, 0.29) is 24.0 Å². The second kappa shape index (κ2) is 6.91. The number of rotatable bonds is 5. The van der Waals surface area contributed by atoms with E-state index in [4.69, 9.17) is 0 Å². The Hall–Kier alpha value is -2.55. The molecule has 0 saturated carbocycles. The third-order valence-corrected chi connectivity index (χ3v) is 4.78. The maximum atomic E-state index is 12.5. The molecule has 1 amide bonds. The van der Waals surface area contributed by atoms with E-state index in [1.54, 1.807) is 6.08 Å². The lowest BCUT2D eigenvalue weighted by molar-refractivity contribution is -0.128. The minimum absolute atomic E-state index is 0.0406. The van der Waals surface area contributed by atoms with Crippen molar-refractivity contribution in [1.29, 1.82) is 0 Å². The number of hydrogen-bond acceptors (Lipinski definition) is 2. The fourth-order valence-corrected chi connectivity index (χ4v) is 3.32. The Balaban J connectivity index is 1.73. The van der Waals surface area contributed by atoms with Gasteiger partial charge in [-0.05, 0) is 31.9 Å². The van der Waals surface area contributed by atoms with Gasteiger partial charge in [0.1, 0.15) is 0 Å². The molecule has 2 aromatic carbocycles. The van der Waals surface area contributed by atoms with Gasteiger partial charge >= 0.3 is 0 Å². The lowest BCUT2D eigenvalue weighted by Gasteiger charge is -2.31. The first-order valence-corrected chi connectivity index (χ1v) is 8.48. The van der Waals surface area contributed by atoms with Crippen molar-refractivity contribution in [3.63, 3.8) is 0 Å². The van der Waals surface area contributed by atoms with Crippen molar-refractivity contribution < 1.29 is 4.79 Å². The number of hydrogen-bond donors (Lipinski definition) is 1. The molecular formula is C21H24N2O. The Morgan fingerprint density at radius 3 is 2.04 bits per heavy atom. The molecular weight excluding hydrogens is 296 g/mol. The molecule has 1 aliphatic rings. The van der Waals surface area contributed by atoms with Crippen LogP contribution in [0.5, 0.6) is 0 Å². The summed E-state index contributed by atoms with van der Waals surface area (Å²) in [5, 5.41) is 3.51. The van der Waals surface area contributed by atoms with Crippen LogP contribution < -0.4 is 5.32 Å². The lowest BCUT2D eigenvalue weighted by atomic mass is 10.1. The van der Waals surface area contributed by atoms with Gasteiger partial charge in [-0.3, -0.25) is 4.79 Å². The number of carbonyl (C=O) groups is 1. The van der Waals surface area contributed by atoms with Crippen molar-refractivity contribution in [2.24, 2.45) is 0 Å². The Morgan fingerprint density at radius 2 is 1.46 bits per heavy atom. The SMILES string of the molecule is C[C@@H]1C(N[C@H](C)c2ccccc2)=CC(=O)N1[C@@H](C)c1ccccc1. The highest BCUT2D eigenvalue weighted by Crippen LogP contribution is 2.30. The first-order valence-electron chi connectivity index (χ1n) is 8.48. The van der Waals surface area contributed by atoms with Crippen molar-refractivity contribution in [2.75, 3.05) is 0 Å². The molecule has 3 heteroatoms. The molecule has 0 bridgehead atoms. The molecule has 3 rings (SSSR count). The predicted molar refractivity (Wildman–Crippen MR) is 97.2 cm³/mol. The molecule has 0 aromatic heterocycles. The normalized spacial score (nSPS) is 19.8. The Labute approximate surface area is 144 Å². The van der Waals surface area contributed by atoms with Gasteiger partial charge in [0, 0.05) is 17.8 Å². The average Bonchev–Trinajstić information content (AvgIpc) is 2.89. The Bertz CT molecular complexity index is 724. The first kappa shape index (κ1) is 16.3. The Kier molecular flexibility index (Phi) is 4.70. The predicted octanol–water partition coefficient (Wildman–Crippen LogP) is 4.21. The molecule has 1 aliphatic heterocycles. The summed E-state index contributed by atoms with van der Waals surface area (Å²) in [7, 11) is 0. The second-order valence-corrected chi connectivity index (χ2v) is 6.38. The van der Waals surface area contributed by atoms with Gasteiger partial charge in [-0.2, -0.15) is 0 Å². The molecule has 124 valence electrons. The summed E-state index contributed by atoms with van der Waals surface area (Å²) in [6, 6.07) is 20.7. The second-order valence-electron chi connectivity index (χ2n) is 6.38. The molecule has 0 fully saturated rings. The van der Waals surface area contributed by atoms with E-state index in [0.29, 0.717) is 0 Å². The molecule has 0 aliphatic carbocycles. The highest BCUT2D eigenvalue weighted by molar-refractivity contribution is 5.92. The van der Waals surface area contributed by atoms with Gasteiger partial charge in [-0.15, -0.1) is 0 Å². The third-order valence-electron chi connectivity index (χ3n) is 4.78. The molecule has 0 unspecified atom stereocenters. The van der Waals surface area contributed by atoms with E-state index in [2.05, 4.69) is 50.4 Å². The molecule has 2 aromatic rings. The first-order chi connectivity index (χ1) is 11.6. The van der Waals surface area contributed by atoms with Crippen LogP contribution in [-0.2, 0) is 4.79 Å². The van der Waals surface area contributed by atoms with Gasteiger partial charge < -0.3 is 10.2 Å². The summed E-state index contributed by atoms with van der Waals surface area (Å²) in [4.78, 5) is 14.5. The molecule has 24 heavy (non-hydrogen) atoms. The van der Waals surface area contributed by atoms with Crippen molar-refractivity contribution in [1.82, 2.24) is 10.2 Å². The standard InChI is InChI=1S/C21H24N2O/c1-15(18-10-6-4-7-11-18)22-20-14-21(24)23(17(20)3)16(2)19-12-8-5-9-13-19/h4-17,22H,1-3H3/t15-,16+,17-/m1/s1. The van der Waals surface area contributed by atoms with E-state index in [1.165, 1.54) is 5.56 Å². The number of benzene rings is 2. The van der Waals surface area contributed by atoms with E-state index in [9.17, 15) is 4.79 Å². The lowest BCUT2D eigenvalue weighted by Crippen LogP contribution is -2.38. The van der Waals surface area contributed by atoms with E-state index < -0.39 is 0 Å². The van der Waals surface area contributed by atoms with Crippen LogP contribution in [0.2, 0.25) is 0 Å². The summed E-state index contributed by atoms with van der Waals surface area (Å²) < 4.78 is 0. The molecule has 3 nitrogen and oxygen atoms in total. The van der Waals surface area contributed by atoms with E-state index >= 15 is 0 Å². The van der Waals surface area contributed by atoms with E-state index in [0.717, 1.165) is 11.3 Å². The summed E-state index contributed by atoms with van der Waals surface area (Å²) in [5.41, 5.74) is 3.36. The highest BCUT2D eigenvalue weighted by atomic mass is 16.2. The fourth-order valence-electron chi connectivity index (χ4n) is 3.32. The molecule has 0 radical (unpaired) electrons. The summed E-state index contributed by atoms with van der Waals surface area (Å²) in [5.74, 6) is 0.0709. The maximum Gasteiger partial charge on any atom is 0.249 e. The molecule has 0 spiro atoms. The Morgan fingerprint density at radius 1 is 0.917 bits per heavy atom. The smallest absolute Gasteiger partial charge is 0.249 e. The van der Waals surface area contributed by atoms with Gasteiger partial charge in [0.2, 0.25) is 5.91 Å². The van der Waals surface area contributed by atoms with Crippen molar-refractivity contribution in [2.45, 2.75) is 38.9 Å². The average molecular weight is 320 g/mol. The summed E-state index contributed by atoms with van der Waals surface area (Å²) >= 11 is 0. The van der Waals surface area contributed by atoms with Gasteiger partial charge in [0.05, 0.1) is 12.1 Å².